The Morgan fingerprint density at radius 3 is 1.94 bits per heavy atom. The van der Waals surface area contributed by atoms with Crippen molar-refractivity contribution in [2.45, 2.75) is 37.5 Å². The third kappa shape index (κ3) is 4.64. The first-order valence-electron chi connectivity index (χ1n) is 17.7. The molecule has 2 aliphatic carbocycles. The van der Waals surface area contributed by atoms with E-state index < -0.39 is 0 Å². The van der Waals surface area contributed by atoms with E-state index in [2.05, 4.69) is 72.8 Å². The maximum absolute atomic E-state index is 10.2. The van der Waals surface area contributed by atoms with Crippen molar-refractivity contribution in [3.63, 3.8) is 0 Å². The molecule has 2 heterocycles. The Morgan fingerprint density at radius 1 is 0.529 bits per heavy atom. The highest BCUT2D eigenvalue weighted by Gasteiger charge is 2.46. The van der Waals surface area contributed by atoms with Gasteiger partial charge >= 0.3 is 0 Å². The fourth-order valence-electron chi connectivity index (χ4n) is 8.67. The minimum absolute atomic E-state index is 0.0916. The topological polar surface area (TPSA) is 75.6 Å². The van der Waals surface area contributed by atoms with E-state index in [1.165, 1.54) is 47.1 Å². The van der Waals surface area contributed by atoms with Crippen molar-refractivity contribution >= 4 is 21.9 Å². The van der Waals surface area contributed by atoms with Gasteiger partial charge in [-0.15, -0.1) is 0 Å². The van der Waals surface area contributed by atoms with Gasteiger partial charge < -0.3 is 4.42 Å². The third-order valence-corrected chi connectivity index (χ3v) is 11.0. The summed E-state index contributed by atoms with van der Waals surface area (Å²) < 4.78 is 6.22. The van der Waals surface area contributed by atoms with E-state index in [0.717, 1.165) is 62.6 Å². The van der Waals surface area contributed by atoms with Gasteiger partial charge in [0.15, 0.2) is 17.5 Å². The van der Waals surface area contributed by atoms with Crippen LogP contribution in [0.3, 0.4) is 0 Å². The summed E-state index contributed by atoms with van der Waals surface area (Å²) in [4.78, 5) is 15.0. The summed E-state index contributed by atoms with van der Waals surface area (Å²) in [6, 6.07) is 48.4. The Bertz CT molecular complexity index is 2680. The lowest BCUT2D eigenvalue weighted by atomic mass is 9.66. The molecule has 2 aliphatic rings. The van der Waals surface area contributed by atoms with Crippen LogP contribution in [0.15, 0.2) is 138 Å². The summed E-state index contributed by atoms with van der Waals surface area (Å²) in [5, 5.41) is 12.4. The van der Waals surface area contributed by atoms with Gasteiger partial charge in [0.25, 0.3) is 0 Å². The number of hydrogen-bond acceptors (Lipinski definition) is 5. The van der Waals surface area contributed by atoms with Gasteiger partial charge in [0.1, 0.15) is 11.2 Å². The van der Waals surface area contributed by atoms with E-state index in [0.29, 0.717) is 17.5 Å². The molecule has 5 nitrogen and oxygen atoms in total. The lowest BCUT2D eigenvalue weighted by molar-refractivity contribution is 0.352. The van der Waals surface area contributed by atoms with Gasteiger partial charge in [-0.1, -0.05) is 128 Å². The molecule has 6 aromatic carbocycles. The van der Waals surface area contributed by atoms with Crippen LogP contribution in [0.25, 0.3) is 78.4 Å². The summed E-state index contributed by atoms with van der Waals surface area (Å²) in [5.41, 5.74) is 12.5. The first-order chi connectivity index (χ1) is 25.2. The van der Waals surface area contributed by atoms with Crippen LogP contribution in [0.1, 0.15) is 48.8 Å². The SMILES string of the molecule is N#Cc1cccc2c1C1(CCCCC1)c1cccc(-c3ccc(-c4nc(-c5ccccc5)nc(-c5ccc6c(c5)oc5ccccc56)n4)cc3)c1-2. The fraction of sp³-hybridized carbons (Fsp3) is 0.130. The predicted molar refractivity (Wildman–Crippen MR) is 203 cm³/mol. The number of aromatic nitrogens is 3. The zero-order valence-corrected chi connectivity index (χ0v) is 27.9. The normalized spacial score (nSPS) is 14.4. The highest BCUT2D eigenvalue weighted by molar-refractivity contribution is 6.05. The number of fused-ring (bicyclic) bond motifs is 8. The van der Waals surface area contributed by atoms with Crippen LogP contribution in [-0.4, -0.2) is 15.0 Å². The van der Waals surface area contributed by atoms with Crippen LogP contribution in [0, 0.1) is 11.3 Å². The molecule has 1 spiro atoms. The zero-order valence-electron chi connectivity index (χ0n) is 27.9. The van der Waals surface area contributed by atoms with Gasteiger partial charge in [-0.05, 0) is 70.5 Å². The average molecular weight is 657 g/mol. The second-order valence-corrected chi connectivity index (χ2v) is 13.8. The molecule has 0 aliphatic heterocycles. The lowest BCUT2D eigenvalue weighted by Crippen LogP contribution is -2.29. The van der Waals surface area contributed by atoms with Crippen LogP contribution in [0.4, 0.5) is 0 Å². The fourth-order valence-corrected chi connectivity index (χ4v) is 8.67. The zero-order chi connectivity index (χ0) is 33.9. The summed E-state index contributed by atoms with van der Waals surface area (Å²) in [5.74, 6) is 1.82. The summed E-state index contributed by atoms with van der Waals surface area (Å²) in [7, 11) is 0. The first kappa shape index (κ1) is 29.5. The molecular formula is C46H32N4O. The number of para-hydroxylation sites is 1. The Labute approximate surface area is 295 Å². The third-order valence-electron chi connectivity index (χ3n) is 11.0. The molecule has 0 N–H and O–H groups in total. The largest absolute Gasteiger partial charge is 0.456 e. The molecule has 1 saturated carbocycles. The molecule has 1 fully saturated rings. The minimum atomic E-state index is -0.0916. The molecule has 0 unspecified atom stereocenters. The van der Waals surface area contributed by atoms with Crippen LogP contribution >= 0.6 is 0 Å². The maximum atomic E-state index is 10.2. The van der Waals surface area contributed by atoms with Gasteiger partial charge in [-0.3, -0.25) is 0 Å². The van der Waals surface area contributed by atoms with E-state index in [-0.39, 0.29) is 5.41 Å². The molecule has 2 aromatic heterocycles. The van der Waals surface area contributed by atoms with E-state index in [1.807, 2.05) is 66.7 Å². The summed E-state index contributed by atoms with van der Waals surface area (Å²) >= 11 is 0. The molecule has 51 heavy (non-hydrogen) atoms. The standard InChI is InChI=1S/C46H32N4O/c47-28-33-13-9-16-37-41-34(15-10-17-38(41)46(42(33)37)25-7-2-8-26-46)29-19-21-31(22-20-29)44-48-43(30-11-3-1-4-12-30)49-45(50-44)32-23-24-36-35-14-5-6-18-39(35)51-40(36)27-32/h1,3-6,9-24,27H,2,7-8,25-26H2. The average Bonchev–Trinajstić information content (AvgIpc) is 3.71. The highest BCUT2D eigenvalue weighted by atomic mass is 16.3. The molecule has 0 amide bonds. The molecule has 10 rings (SSSR count). The highest BCUT2D eigenvalue weighted by Crippen LogP contribution is 2.58. The number of benzene rings is 6. The van der Waals surface area contributed by atoms with Gasteiger partial charge in [0.2, 0.25) is 0 Å². The van der Waals surface area contributed by atoms with Crippen LogP contribution < -0.4 is 0 Å². The maximum Gasteiger partial charge on any atom is 0.164 e. The number of hydrogen-bond donors (Lipinski definition) is 0. The second kappa shape index (κ2) is 11.6. The van der Waals surface area contributed by atoms with Crippen molar-refractivity contribution in [2.75, 3.05) is 0 Å². The molecule has 5 heteroatoms. The Morgan fingerprint density at radius 2 is 1.16 bits per heavy atom. The molecule has 0 atom stereocenters. The second-order valence-electron chi connectivity index (χ2n) is 13.8. The lowest BCUT2D eigenvalue weighted by Gasteiger charge is -2.36. The molecule has 0 bridgehead atoms. The van der Waals surface area contributed by atoms with Gasteiger partial charge in [0.05, 0.1) is 11.6 Å². The number of nitriles is 1. The number of rotatable bonds is 4. The summed E-state index contributed by atoms with van der Waals surface area (Å²) in [6.45, 7) is 0. The van der Waals surface area contributed by atoms with Crippen molar-refractivity contribution < 1.29 is 4.42 Å². The van der Waals surface area contributed by atoms with E-state index in [4.69, 9.17) is 19.4 Å². The number of furan rings is 1. The van der Waals surface area contributed by atoms with Crippen LogP contribution in [-0.2, 0) is 5.41 Å². The van der Waals surface area contributed by atoms with Gasteiger partial charge in [0, 0.05) is 32.9 Å². The van der Waals surface area contributed by atoms with Crippen molar-refractivity contribution in [2.24, 2.45) is 0 Å². The van der Waals surface area contributed by atoms with Crippen molar-refractivity contribution in [3.8, 4) is 62.5 Å². The number of nitrogens with zero attached hydrogens (tertiary/aromatic N) is 4. The molecule has 242 valence electrons. The molecule has 0 saturated heterocycles. The van der Waals surface area contributed by atoms with Gasteiger partial charge in [-0.2, -0.15) is 5.26 Å². The first-order valence-corrected chi connectivity index (χ1v) is 17.7. The summed E-state index contributed by atoms with van der Waals surface area (Å²) in [6.07, 6.45) is 5.79. The Balaban J connectivity index is 1.09. The monoisotopic (exact) mass is 656 g/mol. The van der Waals surface area contributed by atoms with Gasteiger partial charge in [-0.25, -0.2) is 15.0 Å². The van der Waals surface area contributed by atoms with E-state index in [9.17, 15) is 5.26 Å². The smallest absolute Gasteiger partial charge is 0.164 e. The van der Waals surface area contributed by atoms with Crippen LogP contribution in [0.5, 0.6) is 0 Å². The minimum Gasteiger partial charge on any atom is -0.456 e. The van der Waals surface area contributed by atoms with E-state index in [1.54, 1.807) is 0 Å². The van der Waals surface area contributed by atoms with Crippen molar-refractivity contribution in [1.29, 1.82) is 5.26 Å². The molecular weight excluding hydrogens is 625 g/mol. The quantitative estimate of drug-likeness (QED) is 0.188. The predicted octanol–water partition coefficient (Wildman–Crippen LogP) is 11.5. The Hall–Kier alpha value is -6.38. The Kier molecular flexibility index (Phi) is 6.72. The molecule has 8 aromatic rings. The van der Waals surface area contributed by atoms with E-state index >= 15 is 0 Å². The molecule has 0 radical (unpaired) electrons. The van der Waals surface area contributed by atoms with Crippen molar-refractivity contribution in [3.05, 3.63) is 150 Å². The van der Waals surface area contributed by atoms with Crippen LogP contribution in [0.2, 0.25) is 0 Å². The van der Waals surface area contributed by atoms with Crippen molar-refractivity contribution in [1.82, 2.24) is 15.0 Å².